The van der Waals surface area contributed by atoms with Crippen molar-refractivity contribution in [2.75, 3.05) is 10.0 Å². The lowest BCUT2D eigenvalue weighted by Gasteiger charge is -2.11. The van der Waals surface area contributed by atoms with E-state index in [-0.39, 0.29) is 10.8 Å². The topological polar surface area (TPSA) is 75.3 Å². The van der Waals surface area contributed by atoms with Gasteiger partial charge in [-0.2, -0.15) is 0 Å². The van der Waals surface area contributed by atoms with E-state index in [0.29, 0.717) is 16.9 Å². The molecule has 2 N–H and O–H groups in total. The monoisotopic (exact) mass is 458 g/mol. The van der Waals surface area contributed by atoms with Crippen molar-refractivity contribution in [3.05, 3.63) is 87.9 Å². The SMILES string of the molecule is Cc1ccc(C(=O)Nc2ccc(S(=O)(=O)Nc3ccc(Br)cc3)cc2)c(C)c1. The summed E-state index contributed by atoms with van der Waals surface area (Å²) in [6.45, 7) is 3.85. The number of carbonyl (C=O) groups excluding carboxylic acids is 1. The third-order valence-corrected chi connectivity index (χ3v) is 6.07. The van der Waals surface area contributed by atoms with Crippen LogP contribution in [0.2, 0.25) is 0 Å². The standard InChI is InChI=1S/C21H19BrN2O3S/c1-14-3-12-20(15(2)13-14)21(25)23-17-8-10-19(11-9-17)28(26,27)24-18-6-4-16(22)5-7-18/h3-13,24H,1-2H3,(H,23,25). The van der Waals surface area contributed by atoms with E-state index in [1.807, 2.05) is 26.0 Å². The van der Waals surface area contributed by atoms with Gasteiger partial charge in [-0.15, -0.1) is 0 Å². The molecule has 3 aromatic carbocycles. The van der Waals surface area contributed by atoms with E-state index in [1.165, 1.54) is 12.1 Å². The number of halogens is 1. The predicted octanol–water partition coefficient (Wildman–Crippen LogP) is 5.12. The molecule has 0 heterocycles. The van der Waals surface area contributed by atoms with Crippen LogP contribution in [0.1, 0.15) is 21.5 Å². The minimum Gasteiger partial charge on any atom is -0.322 e. The zero-order valence-electron chi connectivity index (χ0n) is 15.4. The Morgan fingerprint density at radius 3 is 2.07 bits per heavy atom. The molecule has 3 aromatic rings. The third-order valence-electron chi connectivity index (χ3n) is 4.15. The minimum atomic E-state index is -3.71. The van der Waals surface area contributed by atoms with Crippen LogP contribution in [0.5, 0.6) is 0 Å². The fourth-order valence-corrected chi connectivity index (χ4v) is 4.04. The van der Waals surface area contributed by atoms with E-state index in [0.717, 1.165) is 15.6 Å². The van der Waals surface area contributed by atoms with E-state index >= 15 is 0 Å². The zero-order valence-corrected chi connectivity index (χ0v) is 17.8. The smallest absolute Gasteiger partial charge is 0.261 e. The average molecular weight is 459 g/mol. The molecule has 0 spiro atoms. The van der Waals surface area contributed by atoms with E-state index in [4.69, 9.17) is 0 Å². The molecule has 0 aromatic heterocycles. The molecule has 0 aliphatic rings. The number of anilines is 2. The van der Waals surface area contributed by atoms with Crippen LogP contribution < -0.4 is 10.0 Å². The summed E-state index contributed by atoms with van der Waals surface area (Å²) in [5.74, 6) is -0.235. The number of carbonyl (C=O) groups is 1. The maximum Gasteiger partial charge on any atom is 0.261 e. The van der Waals surface area contributed by atoms with Gasteiger partial charge in [0.1, 0.15) is 0 Å². The second-order valence-electron chi connectivity index (χ2n) is 6.41. The Balaban J connectivity index is 1.73. The van der Waals surface area contributed by atoms with Crippen molar-refractivity contribution in [1.82, 2.24) is 0 Å². The van der Waals surface area contributed by atoms with Gasteiger partial charge in [0.25, 0.3) is 15.9 Å². The first kappa shape index (κ1) is 20.1. The van der Waals surface area contributed by atoms with Crippen molar-refractivity contribution < 1.29 is 13.2 Å². The van der Waals surface area contributed by atoms with Gasteiger partial charge < -0.3 is 5.32 Å². The molecule has 0 saturated carbocycles. The Morgan fingerprint density at radius 2 is 1.46 bits per heavy atom. The Hall–Kier alpha value is -2.64. The normalized spacial score (nSPS) is 11.1. The van der Waals surface area contributed by atoms with Crippen LogP contribution in [0.4, 0.5) is 11.4 Å². The van der Waals surface area contributed by atoms with Gasteiger partial charge in [0.05, 0.1) is 4.90 Å². The van der Waals surface area contributed by atoms with E-state index in [9.17, 15) is 13.2 Å². The number of hydrogen-bond acceptors (Lipinski definition) is 3. The van der Waals surface area contributed by atoms with Gasteiger partial charge in [-0.1, -0.05) is 33.6 Å². The molecule has 3 rings (SSSR count). The lowest BCUT2D eigenvalue weighted by atomic mass is 10.1. The van der Waals surface area contributed by atoms with Crippen LogP contribution in [-0.4, -0.2) is 14.3 Å². The number of aryl methyl sites for hydroxylation is 2. The quantitative estimate of drug-likeness (QED) is 0.556. The summed E-state index contributed by atoms with van der Waals surface area (Å²) in [5, 5.41) is 2.79. The number of rotatable bonds is 5. The Morgan fingerprint density at radius 1 is 0.857 bits per heavy atom. The van der Waals surface area contributed by atoms with Gasteiger partial charge in [-0.25, -0.2) is 8.42 Å². The predicted molar refractivity (Wildman–Crippen MR) is 115 cm³/mol. The molecule has 5 nitrogen and oxygen atoms in total. The van der Waals surface area contributed by atoms with Gasteiger partial charge in [0.15, 0.2) is 0 Å². The van der Waals surface area contributed by atoms with E-state index < -0.39 is 10.0 Å². The lowest BCUT2D eigenvalue weighted by molar-refractivity contribution is 0.102. The van der Waals surface area contributed by atoms with Crippen LogP contribution in [0.3, 0.4) is 0 Å². The highest BCUT2D eigenvalue weighted by molar-refractivity contribution is 9.10. The van der Waals surface area contributed by atoms with Gasteiger partial charge in [0, 0.05) is 21.4 Å². The largest absolute Gasteiger partial charge is 0.322 e. The Labute approximate surface area is 173 Å². The van der Waals surface area contributed by atoms with Crippen molar-refractivity contribution in [3.63, 3.8) is 0 Å². The van der Waals surface area contributed by atoms with Gasteiger partial charge >= 0.3 is 0 Å². The summed E-state index contributed by atoms with van der Waals surface area (Å²) in [6, 6.07) is 18.5. The number of hydrogen-bond donors (Lipinski definition) is 2. The Bertz CT molecular complexity index is 1110. The molecule has 0 bridgehead atoms. The fourth-order valence-electron chi connectivity index (χ4n) is 2.72. The number of nitrogens with one attached hydrogen (secondary N) is 2. The molecule has 0 radical (unpaired) electrons. The van der Waals surface area contributed by atoms with Crippen molar-refractivity contribution in [3.8, 4) is 0 Å². The van der Waals surface area contributed by atoms with Crippen LogP contribution in [0.15, 0.2) is 76.1 Å². The van der Waals surface area contributed by atoms with Crippen molar-refractivity contribution >= 4 is 43.2 Å². The van der Waals surface area contributed by atoms with Crippen molar-refractivity contribution in [1.29, 1.82) is 0 Å². The Kier molecular flexibility index (Phi) is 5.86. The van der Waals surface area contributed by atoms with Crippen LogP contribution >= 0.6 is 15.9 Å². The first-order chi connectivity index (χ1) is 13.2. The molecular weight excluding hydrogens is 440 g/mol. The van der Waals surface area contributed by atoms with Gasteiger partial charge in [-0.05, 0) is 74.0 Å². The molecule has 28 heavy (non-hydrogen) atoms. The molecule has 144 valence electrons. The second-order valence-corrected chi connectivity index (χ2v) is 9.01. The summed E-state index contributed by atoms with van der Waals surface area (Å²) in [5.41, 5.74) is 3.54. The summed E-state index contributed by atoms with van der Waals surface area (Å²) >= 11 is 3.31. The minimum absolute atomic E-state index is 0.111. The van der Waals surface area contributed by atoms with Crippen molar-refractivity contribution in [2.45, 2.75) is 18.7 Å². The van der Waals surface area contributed by atoms with Crippen molar-refractivity contribution in [2.24, 2.45) is 0 Å². The fraction of sp³-hybridized carbons (Fsp3) is 0.0952. The number of benzene rings is 3. The molecule has 7 heteroatoms. The van der Waals surface area contributed by atoms with Crippen LogP contribution in [-0.2, 0) is 10.0 Å². The summed E-state index contributed by atoms with van der Waals surface area (Å²) in [7, 11) is -3.71. The first-order valence-electron chi connectivity index (χ1n) is 8.52. The summed E-state index contributed by atoms with van der Waals surface area (Å²) in [4.78, 5) is 12.6. The second kappa shape index (κ2) is 8.16. The average Bonchev–Trinajstić information content (AvgIpc) is 2.64. The highest BCUT2D eigenvalue weighted by Crippen LogP contribution is 2.21. The first-order valence-corrected chi connectivity index (χ1v) is 10.8. The van der Waals surface area contributed by atoms with E-state index in [1.54, 1.807) is 42.5 Å². The number of sulfonamides is 1. The molecule has 0 aliphatic carbocycles. The maximum atomic E-state index is 12.5. The summed E-state index contributed by atoms with van der Waals surface area (Å²) in [6.07, 6.45) is 0. The molecule has 0 aliphatic heterocycles. The zero-order chi connectivity index (χ0) is 20.3. The van der Waals surface area contributed by atoms with Crippen LogP contribution in [0.25, 0.3) is 0 Å². The number of amides is 1. The highest BCUT2D eigenvalue weighted by atomic mass is 79.9. The van der Waals surface area contributed by atoms with E-state index in [2.05, 4.69) is 26.0 Å². The highest BCUT2D eigenvalue weighted by Gasteiger charge is 2.15. The molecule has 0 atom stereocenters. The van der Waals surface area contributed by atoms with Crippen LogP contribution in [0, 0.1) is 13.8 Å². The third kappa shape index (κ3) is 4.79. The molecule has 0 fully saturated rings. The van der Waals surface area contributed by atoms with Gasteiger partial charge in [0.2, 0.25) is 0 Å². The molecular formula is C21H19BrN2O3S. The molecule has 0 unspecified atom stereocenters. The lowest BCUT2D eigenvalue weighted by Crippen LogP contribution is -2.15. The molecule has 1 amide bonds. The summed E-state index contributed by atoms with van der Waals surface area (Å²) < 4.78 is 28.4. The molecule has 0 saturated heterocycles. The van der Waals surface area contributed by atoms with Gasteiger partial charge in [-0.3, -0.25) is 9.52 Å². The maximum absolute atomic E-state index is 12.5.